The van der Waals surface area contributed by atoms with Crippen LogP contribution < -0.4 is 14.8 Å². The van der Waals surface area contributed by atoms with Crippen LogP contribution in [-0.4, -0.2) is 49.1 Å². The molecular weight excluding hydrogens is 390 g/mol. The standard InChI is InChI=1S/C25H31N3O3/c1-17(28-12-10-18-7-4-5-8-19(18)16-28)25(29)26-11-6-9-20-13-22-23(27-20)14-21(30-2)15-24(22)31-3/h4-5,7-8,13-15,17,27H,6,9-12,16H2,1-3H3,(H,26,29)/t17-/m1/s1. The molecule has 0 bridgehead atoms. The van der Waals surface area contributed by atoms with Crippen molar-refractivity contribution in [3.05, 3.63) is 59.3 Å². The van der Waals surface area contributed by atoms with Crippen molar-refractivity contribution in [3.63, 3.8) is 0 Å². The van der Waals surface area contributed by atoms with Crippen LogP contribution in [0.5, 0.6) is 11.5 Å². The Labute approximate surface area is 183 Å². The number of aromatic nitrogens is 1. The van der Waals surface area contributed by atoms with Crippen molar-refractivity contribution in [1.29, 1.82) is 0 Å². The monoisotopic (exact) mass is 421 g/mol. The highest BCUT2D eigenvalue weighted by Gasteiger charge is 2.24. The number of carbonyl (C=O) groups excluding carboxylic acids is 1. The van der Waals surface area contributed by atoms with Gasteiger partial charge in [0.25, 0.3) is 0 Å². The van der Waals surface area contributed by atoms with Crippen LogP contribution in [0.4, 0.5) is 0 Å². The predicted molar refractivity (Wildman–Crippen MR) is 123 cm³/mol. The van der Waals surface area contributed by atoms with E-state index in [2.05, 4.69) is 45.5 Å². The van der Waals surface area contributed by atoms with E-state index in [1.165, 1.54) is 11.1 Å². The average Bonchev–Trinajstić information content (AvgIpc) is 3.23. The molecule has 0 fully saturated rings. The molecule has 2 heterocycles. The number of nitrogens with zero attached hydrogens (tertiary/aromatic N) is 1. The number of amides is 1. The van der Waals surface area contributed by atoms with E-state index >= 15 is 0 Å². The third-order valence-corrected chi connectivity index (χ3v) is 6.19. The van der Waals surface area contributed by atoms with E-state index in [-0.39, 0.29) is 11.9 Å². The molecule has 1 aliphatic rings. The molecule has 1 aromatic heterocycles. The summed E-state index contributed by atoms with van der Waals surface area (Å²) in [5.41, 5.74) is 4.85. The smallest absolute Gasteiger partial charge is 0.237 e. The Bertz CT molecular complexity index is 1060. The van der Waals surface area contributed by atoms with Crippen molar-refractivity contribution < 1.29 is 14.3 Å². The van der Waals surface area contributed by atoms with Gasteiger partial charge in [0.05, 0.1) is 25.8 Å². The van der Waals surface area contributed by atoms with E-state index in [9.17, 15) is 4.79 Å². The zero-order chi connectivity index (χ0) is 21.8. The van der Waals surface area contributed by atoms with Gasteiger partial charge in [0.15, 0.2) is 0 Å². The van der Waals surface area contributed by atoms with Crippen molar-refractivity contribution in [2.75, 3.05) is 27.3 Å². The van der Waals surface area contributed by atoms with Gasteiger partial charge in [0.1, 0.15) is 11.5 Å². The number of nitrogens with one attached hydrogen (secondary N) is 2. The maximum Gasteiger partial charge on any atom is 0.237 e. The molecule has 6 heteroatoms. The van der Waals surface area contributed by atoms with E-state index in [1.807, 2.05) is 19.1 Å². The number of carbonyl (C=O) groups is 1. The summed E-state index contributed by atoms with van der Waals surface area (Å²) in [5, 5.41) is 4.15. The van der Waals surface area contributed by atoms with Crippen molar-refractivity contribution in [1.82, 2.24) is 15.2 Å². The van der Waals surface area contributed by atoms with Gasteiger partial charge in [0, 0.05) is 42.8 Å². The average molecular weight is 422 g/mol. The molecule has 0 unspecified atom stereocenters. The molecule has 164 valence electrons. The van der Waals surface area contributed by atoms with Gasteiger partial charge in [0.2, 0.25) is 5.91 Å². The number of H-pyrrole nitrogens is 1. The highest BCUT2D eigenvalue weighted by Crippen LogP contribution is 2.31. The van der Waals surface area contributed by atoms with Gasteiger partial charge in [-0.25, -0.2) is 0 Å². The molecule has 2 N–H and O–H groups in total. The second kappa shape index (κ2) is 9.43. The number of aryl methyl sites for hydroxylation is 1. The van der Waals surface area contributed by atoms with Crippen LogP contribution in [0.25, 0.3) is 10.9 Å². The van der Waals surface area contributed by atoms with Crippen LogP contribution >= 0.6 is 0 Å². The van der Waals surface area contributed by atoms with Crippen LogP contribution in [0.15, 0.2) is 42.5 Å². The number of aromatic amines is 1. The molecule has 0 radical (unpaired) electrons. The Balaban J connectivity index is 1.28. The fourth-order valence-electron chi connectivity index (χ4n) is 4.31. The molecule has 3 aromatic rings. The van der Waals surface area contributed by atoms with Crippen LogP contribution in [0.1, 0.15) is 30.2 Å². The maximum atomic E-state index is 12.7. The predicted octanol–water partition coefficient (Wildman–Crippen LogP) is 3.68. The largest absolute Gasteiger partial charge is 0.497 e. The van der Waals surface area contributed by atoms with Crippen molar-refractivity contribution in [2.45, 2.75) is 38.8 Å². The van der Waals surface area contributed by atoms with Gasteiger partial charge in [-0.2, -0.15) is 0 Å². The number of fused-ring (bicyclic) bond motifs is 2. The molecule has 1 atom stereocenters. The molecule has 0 saturated heterocycles. The number of benzene rings is 2. The summed E-state index contributed by atoms with van der Waals surface area (Å²) >= 11 is 0. The highest BCUT2D eigenvalue weighted by molar-refractivity contribution is 5.88. The molecule has 31 heavy (non-hydrogen) atoms. The Hall–Kier alpha value is -2.99. The summed E-state index contributed by atoms with van der Waals surface area (Å²) in [6.45, 7) is 4.42. The molecule has 1 aliphatic heterocycles. The minimum atomic E-state index is -0.127. The van der Waals surface area contributed by atoms with Crippen LogP contribution in [0.2, 0.25) is 0 Å². The zero-order valence-electron chi connectivity index (χ0n) is 18.5. The van der Waals surface area contributed by atoms with Crippen molar-refractivity contribution >= 4 is 16.8 Å². The van der Waals surface area contributed by atoms with Crippen molar-refractivity contribution in [2.24, 2.45) is 0 Å². The summed E-state index contributed by atoms with van der Waals surface area (Å²) < 4.78 is 10.8. The lowest BCUT2D eigenvalue weighted by atomic mass is 9.99. The number of hydrogen-bond donors (Lipinski definition) is 2. The molecule has 0 aliphatic carbocycles. The number of ether oxygens (including phenoxy) is 2. The summed E-state index contributed by atoms with van der Waals surface area (Å²) in [6, 6.07) is 14.4. The molecule has 2 aromatic carbocycles. The number of methoxy groups -OCH3 is 2. The zero-order valence-corrected chi connectivity index (χ0v) is 18.5. The summed E-state index contributed by atoms with van der Waals surface area (Å²) in [6.07, 6.45) is 2.72. The van der Waals surface area contributed by atoms with Crippen LogP contribution in [-0.2, 0) is 24.2 Å². The molecule has 6 nitrogen and oxygen atoms in total. The first-order chi connectivity index (χ1) is 15.1. The normalized spacial score (nSPS) is 14.8. The van der Waals surface area contributed by atoms with E-state index in [0.29, 0.717) is 6.54 Å². The second-order valence-corrected chi connectivity index (χ2v) is 8.15. The summed E-state index contributed by atoms with van der Waals surface area (Å²) in [5.74, 6) is 1.66. The topological polar surface area (TPSA) is 66.6 Å². The van der Waals surface area contributed by atoms with E-state index < -0.39 is 0 Å². The lowest BCUT2D eigenvalue weighted by Gasteiger charge is -2.32. The van der Waals surface area contributed by atoms with Crippen molar-refractivity contribution in [3.8, 4) is 11.5 Å². The van der Waals surface area contributed by atoms with E-state index in [1.54, 1.807) is 14.2 Å². The molecule has 0 spiro atoms. The lowest BCUT2D eigenvalue weighted by molar-refractivity contribution is -0.126. The molecular formula is C25H31N3O3. The highest BCUT2D eigenvalue weighted by atomic mass is 16.5. The first kappa shape index (κ1) is 21.2. The summed E-state index contributed by atoms with van der Waals surface area (Å²) in [4.78, 5) is 18.4. The summed E-state index contributed by atoms with van der Waals surface area (Å²) in [7, 11) is 3.31. The number of rotatable bonds is 8. The van der Waals surface area contributed by atoms with Crippen LogP contribution in [0.3, 0.4) is 0 Å². The SMILES string of the molecule is COc1cc(OC)c2cc(CCCNC(=O)[C@@H](C)N3CCc4ccccc4C3)[nH]c2c1. The maximum absolute atomic E-state index is 12.7. The van der Waals surface area contributed by atoms with Gasteiger partial charge in [-0.05, 0) is 43.4 Å². The fourth-order valence-corrected chi connectivity index (χ4v) is 4.31. The first-order valence-corrected chi connectivity index (χ1v) is 10.9. The van der Waals surface area contributed by atoms with Gasteiger partial charge < -0.3 is 19.8 Å². The van der Waals surface area contributed by atoms with Gasteiger partial charge in [-0.3, -0.25) is 9.69 Å². The minimum absolute atomic E-state index is 0.0995. The lowest BCUT2D eigenvalue weighted by Crippen LogP contribution is -2.47. The third kappa shape index (κ3) is 4.69. The van der Waals surface area contributed by atoms with E-state index in [4.69, 9.17) is 9.47 Å². The Morgan fingerprint density at radius 3 is 2.74 bits per heavy atom. The minimum Gasteiger partial charge on any atom is -0.497 e. The Morgan fingerprint density at radius 1 is 1.16 bits per heavy atom. The molecule has 0 saturated carbocycles. The van der Waals surface area contributed by atoms with E-state index in [0.717, 1.165) is 60.4 Å². The molecule has 4 rings (SSSR count). The second-order valence-electron chi connectivity index (χ2n) is 8.15. The fraction of sp³-hybridized carbons (Fsp3) is 0.400. The van der Waals surface area contributed by atoms with Gasteiger partial charge in [-0.1, -0.05) is 24.3 Å². The van der Waals surface area contributed by atoms with Gasteiger partial charge >= 0.3 is 0 Å². The Kier molecular flexibility index (Phi) is 6.47. The number of hydrogen-bond acceptors (Lipinski definition) is 4. The molecule has 1 amide bonds. The van der Waals surface area contributed by atoms with Crippen LogP contribution in [0, 0.1) is 0 Å². The third-order valence-electron chi connectivity index (χ3n) is 6.19. The van der Waals surface area contributed by atoms with Gasteiger partial charge in [-0.15, -0.1) is 0 Å². The first-order valence-electron chi connectivity index (χ1n) is 10.9. The quantitative estimate of drug-likeness (QED) is 0.545. The Morgan fingerprint density at radius 2 is 1.97 bits per heavy atom.